The summed E-state index contributed by atoms with van der Waals surface area (Å²) in [5, 5.41) is 11.7. The molecule has 35 heavy (non-hydrogen) atoms. The summed E-state index contributed by atoms with van der Waals surface area (Å²) in [6.07, 6.45) is 1.72. The second kappa shape index (κ2) is 9.37. The molecule has 6 rings (SSSR count). The number of ether oxygens (including phenoxy) is 2. The Balaban J connectivity index is 1.34. The second-order valence-electron chi connectivity index (χ2n) is 8.81. The first-order valence-electron chi connectivity index (χ1n) is 11.9. The number of rotatable bonds is 6. The number of aromatic nitrogens is 2. The summed E-state index contributed by atoms with van der Waals surface area (Å²) in [7, 11) is 0. The van der Waals surface area contributed by atoms with Crippen LogP contribution in [0.2, 0.25) is 0 Å². The number of fused-ring (bicyclic) bond motifs is 2. The zero-order valence-electron chi connectivity index (χ0n) is 19.3. The first-order chi connectivity index (χ1) is 17.3. The van der Waals surface area contributed by atoms with E-state index in [0.717, 1.165) is 54.0 Å². The van der Waals surface area contributed by atoms with Crippen LogP contribution in [0.3, 0.4) is 0 Å². The lowest BCUT2D eigenvalue weighted by Gasteiger charge is -2.28. The Kier molecular flexibility index (Phi) is 5.78. The van der Waals surface area contributed by atoms with Crippen molar-refractivity contribution in [2.45, 2.75) is 13.2 Å². The molecule has 0 saturated carbocycles. The van der Waals surface area contributed by atoms with E-state index in [0.29, 0.717) is 30.2 Å². The zero-order chi connectivity index (χ0) is 23.6. The van der Waals surface area contributed by atoms with E-state index in [9.17, 15) is 4.79 Å². The maximum atomic E-state index is 13.3. The van der Waals surface area contributed by atoms with Crippen molar-refractivity contribution < 1.29 is 14.3 Å². The fraction of sp³-hybridized carbons (Fsp3) is 0.214. The van der Waals surface area contributed by atoms with Crippen molar-refractivity contribution in [2.75, 3.05) is 26.2 Å². The average Bonchev–Trinajstić information content (AvgIpc) is 3.46. The summed E-state index contributed by atoms with van der Waals surface area (Å²) in [5.41, 5.74) is 4.15. The fourth-order valence-corrected chi connectivity index (χ4v) is 4.62. The van der Waals surface area contributed by atoms with Crippen LogP contribution in [0.25, 0.3) is 17.0 Å². The third-order valence-corrected chi connectivity index (χ3v) is 6.49. The summed E-state index contributed by atoms with van der Waals surface area (Å²) < 4.78 is 12.5. The topological polar surface area (TPSA) is 79.5 Å². The molecule has 0 radical (unpaired) electrons. The SMILES string of the molecule is O=C1C(=Cc2n[nH]c3ccccc23)Oc2c1ccc(OCc1ccccc1)c2CN1CCNCC1. The summed E-state index contributed by atoms with van der Waals surface area (Å²) in [4.78, 5) is 15.7. The Labute approximate surface area is 203 Å². The van der Waals surface area contributed by atoms with Crippen molar-refractivity contribution in [1.29, 1.82) is 0 Å². The maximum Gasteiger partial charge on any atom is 0.232 e. The number of allylic oxidation sites excluding steroid dienone is 1. The van der Waals surface area contributed by atoms with Crippen LogP contribution in [0, 0.1) is 0 Å². The van der Waals surface area contributed by atoms with Crippen molar-refractivity contribution in [3.63, 3.8) is 0 Å². The van der Waals surface area contributed by atoms with Gasteiger partial charge in [-0.15, -0.1) is 0 Å². The van der Waals surface area contributed by atoms with Crippen LogP contribution in [0.1, 0.15) is 27.2 Å². The van der Waals surface area contributed by atoms with Gasteiger partial charge in [-0.1, -0.05) is 48.5 Å². The maximum absolute atomic E-state index is 13.3. The minimum atomic E-state index is -0.136. The molecule has 3 heterocycles. The van der Waals surface area contributed by atoms with Gasteiger partial charge in [0.1, 0.15) is 18.1 Å². The molecule has 4 aromatic rings. The number of nitrogens with zero attached hydrogens (tertiary/aromatic N) is 2. The van der Waals surface area contributed by atoms with Gasteiger partial charge < -0.3 is 14.8 Å². The van der Waals surface area contributed by atoms with Gasteiger partial charge in [0, 0.05) is 44.2 Å². The summed E-state index contributed by atoms with van der Waals surface area (Å²) in [5.74, 6) is 1.47. The minimum Gasteiger partial charge on any atom is -0.488 e. The van der Waals surface area contributed by atoms with Gasteiger partial charge in [-0.2, -0.15) is 5.10 Å². The lowest BCUT2D eigenvalue weighted by molar-refractivity contribution is 0.101. The smallest absolute Gasteiger partial charge is 0.232 e. The molecule has 0 aliphatic carbocycles. The van der Waals surface area contributed by atoms with Gasteiger partial charge in [-0.25, -0.2) is 0 Å². The molecule has 0 atom stereocenters. The number of carbonyl (C=O) groups is 1. The van der Waals surface area contributed by atoms with Crippen LogP contribution in [0.4, 0.5) is 0 Å². The van der Waals surface area contributed by atoms with Gasteiger partial charge in [0.15, 0.2) is 5.76 Å². The van der Waals surface area contributed by atoms with Gasteiger partial charge in [-0.05, 0) is 23.8 Å². The molecular weight excluding hydrogens is 440 g/mol. The van der Waals surface area contributed by atoms with Crippen LogP contribution in [-0.4, -0.2) is 47.1 Å². The number of piperazine rings is 1. The van der Waals surface area contributed by atoms with E-state index in [1.54, 1.807) is 6.08 Å². The molecule has 0 amide bonds. The number of nitrogens with one attached hydrogen (secondary N) is 2. The van der Waals surface area contributed by atoms with Gasteiger partial charge in [0.05, 0.1) is 22.3 Å². The average molecular weight is 467 g/mol. The highest BCUT2D eigenvalue weighted by Crippen LogP contribution is 2.41. The molecule has 7 heteroatoms. The van der Waals surface area contributed by atoms with E-state index in [-0.39, 0.29) is 11.5 Å². The monoisotopic (exact) mass is 466 g/mol. The molecule has 0 unspecified atom stereocenters. The molecule has 2 aliphatic rings. The fourth-order valence-electron chi connectivity index (χ4n) is 4.62. The molecule has 0 spiro atoms. The van der Waals surface area contributed by atoms with Gasteiger partial charge in [0.25, 0.3) is 0 Å². The Bertz CT molecular complexity index is 1400. The molecule has 0 bridgehead atoms. The normalized spacial score (nSPS) is 17.0. The summed E-state index contributed by atoms with van der Waals surface area (Å²) in [6.45, 7) is 4.83. The molecule has 2 N–H and O–H groups in total. The molecule has 176 valence electrons. The van der Waals surface area contributed by atoms with Crippen LogP contribution in [0.5, 0.6) is 11.5 Å². The van der Waals surface area contributed by atoms with Crippen molar-refractivity contribution in [3.05, 3.63) is 94.9 Å². The Morgan fingerprint density at radius 2 is 1.80 bits per heavy atom. The van der Waals surface area contributed by atoms with Gasteiger partial charge in [0.2, 0.25) is 5.78 Å². The number of para-hydroxylation sites is 1. The third kappa shape index (κ3) is 4.32. The number of H-pyrrole nitrogens is 1. The van der Waals surface area contributed by atoms with Crippen molar-refractivity contribution >= 4 is 22.8 Å². The number of carbonyl (C=O) groups excluding carboxylic acids is 1. The van der Waals surface area contributed by atoms with E-state index in [1.807, 2.05) is 66.7 Å². The molecule has 1 aromatic heterocycles. The van der Waals surface area contributed by atoms with Crippen molar-refractivity contribution in [1.82, 2.24) is 20.4 Å². The standard InChI is InChI=1S/C28H26N4O3/c33-27-21-10-11-25(34-18-19-6-2-1-3-7-19)22(17-32-14-12-29-13-15-32)28(21)35-26(27)16-24-20-8-4-5-9-23(20)30-31-24/h1-11,16,29H,12-15,17-18H2,(H,30,31). The number of Topliss-reactive ketones (excluding diaryl/α,β-unsaturated/α-hetero) is 1. The van der Waals surface area contributed by atoms with Crippen LogP contribution >= 0.6 is 0 Å². The number of hydrogen-bond donors (Lipinski definition) is 2. The number of ketones is 1. The van der Waals surface area contributed by atoms with Crippen molar-refractivity contribution in [3.8, 4) is 11.5 Å². The van der Waals surface area contributed by atoms with Crippen molar-refractivity contribution in [2.24, 2.45) is 0 Å². The second-order valence-corrected chi connectivity index (χ2v) is 8.81. The predicted octanol–water partition coefficient (Wildman–Crippen LogP) is 4.16. The molecule has 7 nitrogen and oxygen atoms in total. The lowest BCUT2D eigenvalue weighted by Crippen LogP contribution is -2.43. The highest BCUT2D eigenvalue weighted by molar-refractivity contribution is 6.15. The summed E-state index contributed by atoms with van der Waals surface area (Å²) in [6, 6.07) is 21.6. The van der Waals surface area contributed by atoms with E-state index >= 15 is 0 Å². The number of benzene rings is 3. The Morgan fingerprint density at radius 3 is 2.66 bits per heavy atom. The predicted molar refractivity (Wildman–Crippen MR) is 134 cm³/mol. The molecular formula is C28H26N4O3. The van der Waals surface area contributed by atoms with E-state index in [2.05, 4.69) is 20.4 Å². The van der Waals surface area contributed by atoms with E-state index in [4.69, 9.17) is 9.47 Å². The first-order valence-corrected chi connectivity index (χ1v) is 11.9. The van der Waals surface area contributed by atoms with Gasteiger partial charge >= 0.3 is 0 Å². The highest BCUT2D eigenvalue weighted by Gasteiger charge is 2.32. The van der Waals surface area contributed by atoms with Crippen LogP contribution in [-0.2, 0) is 13.2 Å². The third-order valence-electron chi connectivity index (χ3n) is 6.49. The lowest BCUT2D eigenvalue weighted by atomic mass is 10.0. The van der Waals surface area contributed by atoms with Gasteiger partial charge in [-0.3, -0.25) is 14.8 Å². The molecule has 2 aliphatic heterocycles. The van der Waals surface area contributed by atoms with E-state index in [1.165, 1.54) is 0 Å². The number of hydrogen-bond acceptors (Lipinski definition) is 6. The molecule has 1 saturated heterocycles. The first kappa shape index (κ1) is 21.6. The summed E-state index contributed by atoms with van der Waals surface area (Å²) >= 11 is 0. The largest absolute Gasteiger partial charge is 0.488 e. The minimum absolute atomic E-state index is 0.136. The Morgan fingerprint density at radius 1 is 1.00 bits per heavy atom. The highest BCUT2D eigenvalue weighted by atomic mass is 16.5. The number of aromatic amines is 1. The van der Waals surface area contributed by atoms with Crippen LogP contribution in [0.15, 0.2) is 72.5 Å². The quantitative estimate of drug-likeness (QED) is 0.416. The molecule has 1 fully saturated rings. The Hall–Kier alpha value is -3.94. The zero-order valence-corrected chi connectivity index (χ0v) is 19.3. The molecule has 3 aromatic carbocycles. The van der Waals surface area contributed by atoms with Crippen LogP contribution < -0.4 is 14.8 Å². The van der Waals surface area contributed by atoms with E-state index < -0.39 is 0 Å².